The van der Waals surface area contributed by atoms with Crippen molar-refractivity contribution in [3.05, 3.63) is 75.5 Å². The summed E-state index contributed by atoms with van der Waals surface area (Å²) in [4.78, 5) is 2.05. The number of nitrogens with zero attached hydrogens (tertiary/aromatic N) is 4. The van der Waals surface area contributed by atoms with E-state index >= 15 is 0 Å². The molecule has 0 aliphatic heterocycles. The van der Waals surface area contributed by atoms with E-state index in [1.807, 2.05) is 36.9 Å². The van der Waals surface area contributed by atoms with Crippen molar-refractivity contribution in [1.82, 2.24) is 19.2 Å². The molecule has 3 rings (SSSR count). The first-order valence-corrected chi connectivity index (χ1v) is 9.15. The van der Waals surface area contributed by atoms with Gasteiger partial charge < -0.3 is 9.30 Å². The highest BCUT2D eigenvalue weighted by Gasteiger charge is 2.11. The summed E-state index contributed by atoms with van der Waals surface area (Å²) in [5, 5.41) is 5.11. The lowest BCUT2D eigenvalue weighted by Gasteiger charge is -2.16. The summed E-state index contributed by atoms with van der Waals surface area (Å²) < 4.78 is 22.9. The van der Waals surface area contributed by atoms with Crippen molar-refractivity contribution in [2.75, 3.05) is 7.05 Å². The molecular weight excluding hydrogens is 387 g/mol. The topological polar surface area (TPSA) is 35.2 Å². The Morgan fingerprint density at radius 1 is 1.19 bits per heavy atom. The van der Waals surface area contributed by atoms with Crippen LogP contribution in [0, 0.1) is 10.6 Å². The summed E-state index contributed by atoms with van der Waals surface area (Å²) in [5.41, 5.74) is 1.02. The fourth-order valence-electron chi connectivity index (χ4n) is 2.63. The van der Waals surface area contributed by atoms with Gasteiger partial charge in [0.05, 0.1) is 11.7 Å². The fourth-order valence-corrected chi connectivity index (χ4v) is 3.03. The van der Waals surface area contributed by atoms with Crippen LogP contribution in [0.2, 0.25) is 5.02 Å². The number of hydrogen-bond acceptors (Lipinski definition) is 4. The van der Waals surface area contributed by atoms with E-state index in [0.29, 0.717) is 34.6 Å². The Kier molecular flexibility index (Phi) is 6.26. The lowest BCUT2D eigenvalue weighted by molar-refractivity contribution is 0.240. The Labute approximate surface area is 167 Å². The third kappa shape index (κ3) is 4.94. The molecule has 8 heteroatoms. The third-order valence-electron chi connectivity index (χ3n) is 4.07. The number of ether oxygens (including phenoxy) is 1. The molecule has 3 aromatic rings. The van der Waals surface area contributed by atoms with Crippen LogP contribution in [0.25, 0.3) is 0 Å². The van der Waals surface area contributed by atoms with Crippen LogP contribution in [0.5, 0.6) is 5.75 Å². The van der Waals surface area contributed by atoms with Crippen LogP contribution in [0.4, 0.5) is 4.39 Å². The average molecular weight is 407 g/mol. The molecule has 142 valence electrons. The summed E-state index contributed by atoms with van der Waals surface area (Å²) in [6.45, 7) is 1.43. The van der Waals surface area contributed by atoms with Gasteiger partial charge in [0.2, 0.25) is 0 Å². The van der Waals surface area contributed by atoms with Crippen molar-refractivity contribution in [1.29, 1.82) is 0 Å². The van der Waals surface area contributed by atoms with E-state index in [1.54, 1.807) is 22.9 Å². The highest BCUT2D eigenvalue weighted by atomic mass is 35.5. The van der Waals surface area contributed by atoms with Crippen molar-refractivity contribution in [2.45, 2.75) is 19.8 Å². The standard InChI is InChI=1S/C19H20ClFN4OS/c1-23(11-14-7-9-15(21)10-8-14)13-25-19(27)24(2)18(22-25)12-26-17-6-4-3-5-16(17)20/h3-10H,11-13H2,1-2H3. The molecule has 0 atom stereocenters. The molecule has 0 unspecified atom stereocenters. The SMILES string of the molecule is CN(Cc1ccc(F)cc1)Cn1nc(COc2ccccc2Cl)n(C)c1=S. The molecule has 27 heavy (non-hydrogen) atoms. The smallest absolute Gasteiger partial charge is 0.198 e. The van der Waals surface area contributed by atoms with Crippen LogP contribution in [-0.2, 0) is 26.9 Å². The number of hydrogen-bond donors (Lipinski definition) is 0. The number of aromatic nitrogens is 3. The molecule has 1 heterocycles. The van der Waals surface area contributed by atoms with Gasteiger partial charge in [0.15, 0.2) is 10.6 Å². The van der Waals surface area contributed by atoms with Crippen LogP contribution in [0.15, 0.2) is 48.5 Å². The molecule has 0 spiro atoms. The van der Waals surface area contributed by atoms with E-state index in [4.69, 9.17) is 28.6 Å². The first kappa shape index (κ1) is 19.5. The van der Waals surface area contributed by atoms with Gasteiger partial charge in [0, 0.05) is 13.6 Å². The molecule has 0 radical (unpaired) electrons. The molecule has 0 bridgehead atoms. The van der Waals surface area contributed by atoms with E-state index < -0.39 is 0 Å². The third-order valence-corrected chi connectivity index (χ3v) is 4.86. The van der Waals surface area contributed by atoms with Crippen molar-refractivity contribution in [3.63, 3.8) is 0 Å². The van der Waals surface area contributed by atoms with E-state index in [9.17, 15) is 4.39 Å². The normalized spacial score (nSPS) is 11.1. The highest BCUT2D eigenvalue weighted by Crippen LogP contribution is 2.23. The lowest BCUT2D eigenvalue weighted by atomic mass is 10.2. The summed E-state index contributed by atoms with van der Waals surface area (Å²) in [7, 11) is 3.82. The van der Waals surface area contributed by atoms with Crippen molar-refractivity contribution in [3.8, 4) is 5.75 Å². The summed E-state index contributed by atoms with van der Waals surface area (Å²) in [5.74, 6) is 1.07. The van der Waals surface area contributed by atoms with Crippen molar-refractivity contribution >= 4 is 23.8 Å². The monoisotopic (exact) mass is 406 g/mol. The number of halogens is 2. The van der Waals surface area contributed by atoms with Crippen molar-refractivity contribution < 1.29 is 9.13 Å². The van der Waals surface area contributed by atoms with Crippen LogP contribution in [-0.4, -0.2) is 26.3 Å². The van der Waals surface area contributed by atoms with Gasteiger partial charge >= 0.3 is 0 Å². The summed E-state index contributed by atoms with van der Waals surface area (Å²) >= 11 is 11.6. The maximum atomic E-state index is 13.0. The van der Waals surface area contributed by atoms with E-state index in [1.165, 1.54) is 12.1 Å². The van der Waals surface area contributed by atoms with Crippen LogP contribution in [0.3, 0.4) is 0 Å². The number of rotatable bonds is 7. The van der Waals surface area contributed by atoms with Gasteiger partial charge in [-0.2, -0.15) is 5.10 Å². The molecule has 0 saturated carbocycles. The Morgan fingerprint density at radius 2 is 1.89 bits per heavy atom. The first-order valence-electron chi connectivity index (χ1n) is 8.37. The van der Waals surface area contributed by atoms with Gasteiger partial charge in [-0.05, 0) is 49.1 Å². The van der Waals surface area contributed by atoms with Crippen molar-refractivity contribution in [2.24, 2.45) is 7.05 Å². The maximum absolute atomic E-state index is 13.0. The molecule has 5 nitrogen and oxygen atoms in total. The molecule has 0 amide bonds. The quantitative estimate of drug-likeness (QED) is 0.544. The molecular formula is C19H20ClFN4OS. The van der Waals surface area contributed by atoms with Gasteiger partial charge in [-0.1, -0.05) is 35.9 Å². The van der Waals surface area contributed by atoms with Gasteiger partial charge in [-0.15, -0.1) is 0 Å². The van der Waals surface area contributed by atoms with Gasteiger partial charge in [-0.25, -0.2) is 9.07 Å². The largest absolute Gasteiger partial charge is 0.484 e. The zero-order chi connectivity index (χ0) is 19.4. The Morgan fingerprint density at radius 3 is 2.59 bits per heavy atom. The predicted molar refractivity (Wildman–Crippen MR) is 106 cm³/mol. The second kappa shape index (κ2) is 8.65. The Hall–Kier alpha value is -2.22. The maximum Gasteiger partial charge on any atom is 0.198 e. The Balaban J connectivity index is 1.66. The lowest BCUT2D eigenvalue weighted by Crippen LogP contribution is -2.22. The zero-order valence-electron chi connectivity index (χ0n) is 15.1. The van der Waals surface area contributed by atoms with E-state index in [0.717, 1.165) is 5.56 Å². The predicted octanol–water partition coefficient (Wildman–Crippen LogP) is 4.41. The van der Waals surface area contributed by atoms with Gasteiger partial charge in [-0.3, -0.25) is 4.90 Å². The summed E-state index contributed by atoms with van der Waals surface area (Å²) in [6.07, 6.45) is 0. The molecule has 0 fully saturated rings. The van der Waals surface area contributed by atoms with Crippen LogP contribution >= 0.6 is 23.8 Å². The molecule has 2 aromatic carbocycles. The minimum atomic E-state index is -0.239. The minimum absolute atomic E-state index is 0.239. The molecule has 1 aromatic heterocycles. The second-order valence-electron chi connectivity index (χ2n) is 6.26. The number of benzene rings is 2. The second-order valence-corrected chi connectivity index (χ2v) is 7.03. The molecule has 0 saturated heterocycles. The Bertz CT molecular complexity index is 971. The molecule has 0 aliphatic carbocycles. The summed E-state index contributed by atoms with van der Waals surface area (Å²) in [6, 6.07) is 13.8. The van der Waals surface area contributed by atoms with Gasteiger partial charge in [0.25, 0.3) is 0 Å². The zero-order valence-corrected chi connectivity index (χ0v) is 16.7. The van der Waals surface area contributed by atoms with E-state index in [-0.39, 0.29) is 12.4 Å². The average Bonchev–Trinajstić information content (AvgIpc) is 2.91. The van der Waals surface area contributed by atoms with E-state index in [2.05, 4.69) is 10.00 Å². The first-order chi connectivity index (χ1) is 12.9. The number of para-hydroxylation sites is 1. The minimum Gasteiger partial charge on any atom is -0.484 e. The molecule has 0 N–H and O–H groups in total. The van der Waals surface area contributed by atoms with Gasteiger partial charge in [0.1, 0.15) is 18.2 Å². The van der Waals surface area contributed by atoms with Crippen LogP contribution in [0.1, 0.15) is 11.4 Å². The highest BCUT2D eigenvalue weighted by molar-refractivity contribution is 7.71. The van der Waals surface area contributed by atoms with Crippen LogP contribution < -0.4 is 4.74 Å². The fraction of sp³-hybridized carbons (Fsp3) is 0.263. The molecule has 0 aliphatic rings.